The van der Waals surface area contributed by atoms with Crippen LogP contribution in [0.15, 0.2) is 6.20 Å². The Labute approximate surface area is 107 Å². The number of hydrogen-bond acceptors (Lipinski definition) is 4. The summed E-state index contributed by atoms with van der Waals surface area (Å²) in [6.45, 7) is 6.83. The van der Waals surface area contributed by atoms with Gasteiger partial charge in [-0.05, 0) is 6.92 Å². The third kappa shape index (κ3) is 3.54. The molecule has 0 unspecified atom stereocenters. The standard InChI is InChI=1S/C12H21N5O/c1-10-11(8-16(2)15-10)7-14-12(18)9-17-5-3-13-4-6-17/h8,13H,3-7,9H2,1-2H3,(H,14,18). The first-order valence-corrected chi connectivity index (χ1v) is 6.34. The molecule has 0 radical (unpaired) electrons. The van der Waals surface area contributed by atoms with Gasteiger partial charge in [0.05, 0.1) is 12.2 Å². The number of piperazine rings is 1. The normalized spacial score (nSPS) is 16.8. The van der Waals surface area contributed by atoms with Gasteiger partial charge in [-0.2, -0.15) is 5.10 Å². The molecule has 0 spiro atoms. The van der Waals surface area contributed by atoms with Crippen molar-refractivity contribution in [2.75, 3.05) is 32.7 Å². The van der Waals surface area contributed by atoms with Crippen LogP contribution in [0.5, 0.6) is 0 Å². The van der Waals surface area contributed by atoms with Crippen LogP contribution < -0.4 is 10.6 Å². The van der Waals surface area contributed by atoms with Gasteiger partial charge in [-0.3, -0.25) is 14.4 Å². The Morgan fingerprint density at radius 2 is 2.22 bits per heavy atom. The SMILES string of the molecule is Cc1nn(C)cc1CNC(=O)CN1CCNCC1. The fourth-order valence-corrected chi connectivity index (χ4v) is 2.14. The summed E-state index contributed by atoms with van der Waals surface area (Å²) in [6.07, 6.45) is 1.94. The lowest BCUT2D eigenvalue weighted by Gasteiger charge is -2.26. The largest absolute Gasteiger partial charge is 0.351 e. The Morgan fingerprint density at radius 1 is 1.50 bits per heavy atom. The number of nitrogens with zero attached hydrogens (tertiary/aromatic N) is 3. The second-order valence-corrected chi connectivity index (χ2v) is 4.72. The van der Waals surface area contributed by atoms with E-state index in [1.807, 2.05) is 20.2 Å². The van der Waals surface area contributed by atoms with Crippen LogP contribution in [0, 0.1) is 6.92 Å². The molecule has 6 heteroatoms. The van der Waals surface area contributed by atoms with E-state index in [0.717, 1.165) is 37.4 Å². The Balaban J connectivity index is 1.75. The Kier molecular flexibility index (Phi) is 4.33. The fraction of sp³-hybridized carbons (Fsp3) is 0.667. The highest BCUT2D eigenvalue weighted by Gasteiger charge is 2.13. The van der Waals surface area contributed by atoms with Gasteiger partial charge in [-0.15, -0.1) is 0 Å². The lowest BCUT2D eigenvalue weighted by molar-refractivity contribution is -0.122. The molecule has 1 aliphatic rings. The molecule has 1 aromatic rings. The summed E-state index contributed by atoms with van der Waals surface area (Å²) in [4.78, 5) is 14.0. The highest BCUT2D eigenvalue weighted by molar-refractivity contribution is 5.78. The average Bonchev–Trinajstić information content (AvgIpc) is 2.66. The number of carbonyl (C=O) groups excluding carboxylic acids is 1. The zero-order chi connectivity index (χ0) is 13.0. The monoisotopic (exact) mass is 251 g/mol. The maximum absolute atomic E-state index is 11.8. The molecule has 1 saturated heterocycles. The minimum absolute atomic E-state index is 0.0835. The molecule has 2 rings (SSSR count). The van der Waals surface area contributed by atoms with Crippen molar-refractivity contribution in [3.05, 3.63) is 17.5 Å². The predicted molar refractivity (Wildman–Crippen MR) is 69.1 cm³/mol. The van der Waals surface area contributed by atoms with E-state index in [9.17, 15) is 4.79 Å². The summed E-state index contributed by atoms with van der Waals surface area (Å²) >= 11 is 0. The van der Waals surface area contributed by atoms with Crippen molar-refractivity contribution in [3.63, 3.8) is 0 Å². The molecule has 6 nitrogen and oxygen atoms in total. The van der Waals surface area contributed by atoms with Gasteiger partial charge in [0.15, 0.2) is 0 Å². The molecule has 0 atom stereocenters. The quantitative estimate of drug-likeness (QED) is 0.739. The van der Waals surface area contributed by atoms with Crippen molar-refractivity contribution < 1.29 is 4.79 Å². The molecule has 2 N–H and O–H groups in total. The lowest BCUT2D eigenvalue weighted by Crippen LogP contribution is -2.47. The smallest absolute Gasteiger partial charge is 0.234 e. The maximum Gasteiger partial charge on any atom is 0.234 e. The van der Waals surface area contributed by atoms with Crippen LogP contribution in [0.3, 0.4) is 0 Å². The van der Waals surface area contributed by atoms with Gasteiger partial charge in [0, 0.05) is 51.5 Å². The Morgan fingerprint density at radius 3 is 2.83 bits per heavy atom. The number of rotatable bonds is 4. The first-order valence-electron chi connectivity index (χ1n) is 6.34. The number of carbonyl (C=O) groups is 1. The molecule has 1 fully saturated rings. The van der Waals surface area contributed by atoms with Gasteiger partial charge < -0.3 is 10.6 Å². The summed E-state index contributed by atoms with van der Waals surface area (Å²) in [5, 5.41) is 10.5. The zero-order valence-corrected chi connectivity index (χ0v) is 11.1. The summed E-state index contributed by atoms with van der Waals surface area (Å²) in [6, 6.07) is 0. The predicted octanol–water partition coefficient (Wildman–Crippen LogP) is -0.750. The van der Waals surface area contributed by atoms with Crippen LogP contribution in [0.4, 0.5) is 0 Å². The van der Waals surface area contributed by atoms with Crippen molar-refractivity contribution in [2.45, 2.75) is 13.5 Å². The van der Waals surface area contributed by atoms with Crippen LogP contribution in [-0.2, 0) is 18.4 Å². The average molecular weight is 251 g/mol. The van der Waals surface area contributed by atoms with E-state index in [4.69, 9.17) is 0 Å². The van der Waals surface area contributed by atoms with Gasteiger partial charge in [0.25, 0.3) is 0 Å². The fourth-order valence-electron chi connectivity index (χ4n) is 2.14. The highest BCUT2D eigenvalue weighted by atomic mass is 16.2. The molecule has 0 bridgehead atoms. The molecule has 18 heavy (non-hydrogen) atoms. The third-order valence-electron chi connectivity index (χ3n) is 3.17. The molecule has 0 saturated carbocycles. The third-order valence-corrected chi connectivity index (χ3v) is 3.17. The van der Waals surface area contributed by atoms with Crippen molar-refractivity contribution in [1.82, 2.24) is 25.3 Å². The maximum atomic E-state index is 11.8. The number of amides is 1. The molecule has 1 aromatic heterocycles. The topological polar surface area (TPSA) is 62.2 Å². The molecule has 2 heterocycles. The minimum atomic E-state index is 0.0835. The molecule has 0 aliphatic carbocycles. The number of nitrogens with one attached hydrogen (secondary N) is 2. The number of aromatic nitrogens is 2. The van der Waals surface area contributed by atoms with Crippen LogP contribution in [0.25, 0.3) is 0 Å². The Hall–Kier alpha value is -1.40. The van der Waals surface area contributed by atoms with E-state index >= 15 is 0 Å². The van der Waals surface area contributed by atoms with Crippen LogP contribution in [0.1, 0.15) is 11.3 Å². The van der Waals surface area contributed by atoms with E-state index in [0.29, 0.717) is 13.1 Å². The molecule has 0 aromatic carbocycles. The molecule has 1 aliphatic heterocycles. The van der Waals surface area contributed by atoms with E-state index in [1.165, 1.54) is 0 Å². The van der Waals surface area contributed by atoms with E-state index in [-0.39, 0.29) is 5.91 Å². The number of hydrogen-bond donors (Lipinski definition) is 2. The van der Waals surface area contributed by atoms with E-state index in [2.05, 4.69) is 20.6 Å². The first kappa shape index (κ1) is 13.0. The summed E-state index contributed by atoms with van der Waals surface area (Å²) in [5.74, 6) is 0.0835. The summed E-state index contributed by atoms with van der Waals surface area (Å²) in [5.41, 5.74) is 2.05. The van der Waals surface area contributed by atoms with Gasteiger partial charge in [0.2, 0.25) is 5.91 Å². The summed E-state index contributed by atoms with van der Waals surface area (Å²) in [7, 11) is 1.89. The second-order valence-electron chi connectivity index (χ2n) is 4.72. The highest BCUT2D eigenvalue weighted by Crippen LogP contribution is 2.03. The van der Waals surface area contributed by atoms with Crippen molar-refractivity contribution in [1.29, 1.82) is 0 Å². The van der Waals surface area contributed by atoms with Crippen LogP contribution >= 0.6 is 0 Å². The zero-order valence-electron chi connectivity index (χ0n) is 11.1. The first-order chi connectivity index (χ1) is 8.65. The second kappa shape index (κ2) is 5.97. The molecular formula is C12H21N5O. The van der Waals surface area contributed by atoms with Gasteiger partial charge in [-0.25, -0.2) is 0 Å². The van der Waals surface area contributed by atoms with Crippen LogP contribution in [-0.4, -0.2) is 53.3 Å². The van der Waals surface area contributed by atoms with Gasteiger partial charge in [-0.1, -0.05) is 0 Å². The lowest BCUT2D eigenvalue weighted by atomic mass is 10.2. The molecular weight excluding hydrogens is 230 g/mol. The molecule has 1 amide bonds. The summed E-state index contributed by atoms with van der Waals surface area (Å²) < 4.78 is 1.77. The number of aryl methyl sites for hydroxylation is 2. The van der Waals surface area contributed by atoms with E-state index in [1.54, 1.807) is 4.68 Å². The van der Waals surface area contributed by atoms with Crippen LogP contribution in [0.2, 0.25) is 0 Å². The Bertz CT molecular complexity index is 409. The van der Waals surface area contributed by atoms with Crippen molar-refractivity contribution in [3.8, 4) is 0 Å². The van der Waals surface area contributed by atoms with E-state index < -0.39 is 0 Å². The van der Waals surface area contributed by atoms with Crippen molar-refractivity contribution in [2.24, 2.45) is 7.05 Å². The van der Waals surface area contributed by atoms with Gasteiger partial charge in [0.1, 0.15) is 0 Å². The van der Waals surface area contributed by atoms with Gasteiger partial charge >= 0.3 is 0 Å². The minimum Gasteiger partial charge on any atom is -0.351 e. The van der Waals surface area contributed by atoms with Crippen molar-refractivity contribution >= 4 is 5.91 Å². The molecule has 100 valence electrons.